The molecule has 0 aliphatic rings. The molecule has 132 valence electrons. The van der Waals surface area contributed by atoms with Gasteiger partial charge in [-0.25, -0.2) is 9.37 Å². The summed E-state index contributed by atoms with van der Waals surface area (Å²) in [5.41, 5.74) is 1.58. The maximum atomic E-state index is 13.0. The van der Waals surface area contributed by atoms with Gasteiger partial charge in [-0.1, -0.05) is 12.1 Å². The molecule has 4 aromatic rings. The zero-order chi connectivity index (χ0) is 18.1. The van der Waals surface area contributed by atoms with Crippen molar-refractivity contribution in [3.05, 3.63) is 75.6 Å². The standard InChI is InChI=1S/C19H16FN3O2S/c1-23(9-12-4-6-13(20)7-5-12)10-16-21-18(24)17-14(11-26-19(17)22-16)15-3-2-8-25-15/h2-8,11H,9-10H2,1H3,(H,21,22,24). The Kier molecular flexibility index (Phi) is 4.40. The molecule has 0 fully saturated rings. The van der Waals surface area contributed by atoms with Gasteiger partial charge in [0.1, 0.15) is 22.2 Å². The average molecular weight is 369 g/mol. The Bertz CT molecular complexity index is 1080. The fraction of sp³-hybridized carbons (Fsp3) is 0.158. The van der Waals surface area contributed by atoms with Crippen LogP contribution >= 0.6 is 11.3 Å². The van der Waals surface area contributed by atoms with Gasteiger partial charge in [0.2, 0.25) is 0 Å². The van der Waals surface area contributed by atoms with E-state index in [4.69, 9.17) is 4.42 Å². The average Bonchev–Trinajstić information content (AvgIpc) is 3.26. The monoisotopic (exact) mass is 369 g/mol. The first-order chi connectivity index (χ1) is 12.6. The van der Waals surface area contributed by atoms with Gasteiger partial charge in [-0.05, 0) is 36.9 Å². The van der Waals surface area contributed by atoms with Crippen molar-refractivity contribution in [3.8, 4) is 11.3 Å². The van der Waals surface area contributed by atoms with Crippen molar-refractivity contribution in [2.45, 2.75) is 13.1 Å². The smallest absolute Gasteiger partial charge is 0.260 e. The molecule has 0 aliphatic carbocycles. The molecule has 0 saturated heterocycles. The van der Waals surface area contributed by atoms with Gasteiger partial charge < -0.3 is 9.40 Å². The lowest BCUT2D eigenvalue weighted by Gasteiger charge is -2.16. The molecule has 7 heteroatoms. The van der Waals surface area contributed by atoms with Crippen LogP contribution < -0.4 is 5.56 Å². The Morgan fingerprint density at radius 2 is 2.04 bits per heavy atom. The molecule has 0 aliphatic heterocycles. The summed E-state index contributed by atoms with van der Waals surface area (Å²) in [5.74, 6) is 1.00. The second kappa shape index (κ2) is 6.86. The van der Waals surface area contributed by atoms with E-state index in [2.05, 4.69) is 9.97 Å². The highest BCUT2D eigenvalue weighted by molar-refractivity contribution is 7.17. The number of hydrogen-bond acceptors (Lipinski definition) is 5. The predicted molar refractivity (Wildman–Crippen MR) is 99.5 cm³/mol. The highest BCUT2D eigenvalue weighted by Gasteiger charge is 2.15. The number of nitrogens with one attached hydrogen (secondary N) is 1. The molecule has 3 heterocycles. The minimum Gasteiger partial charge on any atom is -0.464 e. The zero-order valence-corrected chi connectivity index (χ0v) is 14.8. The summed E-state index contributed by atoms with van der Waals surface area (Å²) in [6.07, 6.45) is 1.58. The normalized spacial score (nSPS) is 11.5. The number of aromatic amines is 1. The highest BCUT2D eigenvalue weighted by atomic mass is 32.1. The molecular weight excluding hydrogens is 353 g/mol. The van der Waals surface area contributed by atoms with Crippen LogP contribution in [0.3, 0.4) is 0 Å². The third kappa shape index (κ3) is 3.31. The van der Waals surface area contributed by atoms with Gasteiger partial charge in [-0.2, -0.15) is 0 Å². The predicted octanol–water partition coefficient (Wildman–Crippen LogP) is 4.02. The van der Waals surface area contributed by atoms with Crippen LogP contribution in [0, 0.1) is 5.82 Å². The third-order valence-electron chi connectivity index (χ3n) is 4.07. The lowest BCUT2D eigenvalue weighted by atomic mass is 10.2. The maximum Gasteiger partial charge on any atom is 0.260 e. The first-order valence-electron chi connectivity index (χ1n) is 8.07. The van der Waals surface area contributed by atoms with Crippen molar-refractivity contribution in [1.82, 2.24) is 14.9 Å². The molecule has 0 bridgehead atoms. The van der Waals surface area contributed by atoms with Crippen LogP contribution in [0.5, 0.6) is 0 Å². The Morgan fingerprint density at radius 3 is 2.77 bits per heavy atom. The minimum absolute atomic E-state index is 0.173. The molecule has 1 N–H and O–H groups in total. The van der Waals surface area contributed by atoms with Gasteiger partial charge in [0.25, 0.3) is 5.56 Å². The van der Waals surface area contributed by atoms with Gasteiger partial charge in [0.05, 0.1) is 18.2 Å². The summed E-state index contributed by atoms with van der Waals surface area (Å²) in [6, 6.07) is 10.00. The van der Waals surface area contributed by atoms with Gasteiger partial charge in [-0.15, -0.1) is 11.3 Å². The summed E-state index contributed by atoms with van der Waals surface area (Å²) in [4.78, 5) is 22.7. The molecule has 3 aromatic heterocycles. The third-order valence-corrected chi connectivity index (χ3v) is 4.94. The molecule has 26 heavy (non-hydrogen) atoms. The molecule has 0 atom stereocenters. The fourth-order valence-electron chi connectivity index (χ4n) is 2.89. The second-order valence-corrected chi connectivity index (χ2v) is 6.98. The van der Waals surface area contributed by atoms with Crippen LogP contribution in [0.25, 0.3) is 21.5 Å². The van der Waals surface area contributed by atoms with E-state index >= 15 is 0 Å². The van der Waals surface area contributed by atoms with Gasteiger partial charge in [-0.3, -0.25) is 9.69 Å². The number of benzene rings is 1. The molecule has 0 radical (unpaired) electrons. The summed E-state index contributed by atoms with van der Waals surface area (Å²) >= 11 is 1.42. The number of fused-ring (bicyclic) bond motifs is 1. The highest BCUT2D eigenvalue weighted by Crippen LogP contribution is 2.30. The lowest BCUT2D eigenvalue weighted by Crippen LogP contribution is -2.21. The van der Waals surface area contributed by atoms with E-state index in [1.54, 1.807) is 24.5 Å². The summed E-state index contributed by atoms with van der Waals surface area (Å²) in [5, 5.41) is 2.44. The SMILES string of the molecule is CN(Cc1ccc(F)cc1)Cc1nc2scc(-c3ccco3)c2c(=O)[nH]1. The number of rotatable bonds is 5. The maximum absolute atomic E-state index is 13.0. The summed E-state index contributed by atoms with van der Waals surface area (Å²) < 4.78 is 18.4. The van der Waals surface area contributed by atoms with E-state index in [1.165, 1.54) is 23.5 Å². The van der Waals surface area contributed by atoms with Crippen molar-refractivity contribution in [3.63, 3.8) is 0 Å². The van der Waals surface area contributed by atoms with Crippen molar-refractivity contribution >= 4 is 21.6 Å². The number of nitrogens with zero attached hydrogens (tertiary/aromatic N) is 2. The van der Waals surface area contributed by atoms with E-state index in [1.807, 2.05) is 23.4 Å². The number of aromatic nitrogens is 2. The van der Waals surface area contributed by atoms with Gasteiger partial charge in [0, 0.05) is 17.5 Å². The summed E-state index contributed by atoms with van der Waals surface area (Å²) in [7, 11) is 1.93. The Hall–Kier alpha value is -2.77. The number of H-pyrrole nitrogens is 1. The van der Waals surface area contributed by atoms with Gasteiger partial charge >= 0.3 is 0 Å². The topological polar surface area (TPSA) is 62.1 Å². The van der Waals surface area contributed by atoms with Crippen LogP contribution in [-0.2, 0) is 13.1 Å². The van der Waals surface area contributed by atoms with E-state index in [-0.39, 0.29) is 11.4 Å². The van der Waals surface area contributed by atoms with Crippen LogP contribution in [-0.4, -0.2) is 21.9 Å². The first kappa shape index (κ1) is 16.7. The van der Waals surface area contributed by atoms with Crippen LogP contribution in [0.2, 0.25) is 0 Å². The number of furan rings is 1. The number of halogens is 1. The molecule has 0 spiro atoms. The van der Waals surface area contributed by atoms with E-state index in [0.29, 0.717) is 34.9 Å². The first-order valence-corrected chi connectivity index (χ1v) is 8.95. The molecule has 0 unspecified atom stereocenters. The Morgan fingerprint density at radius 1 is 1.23 bits per heavy atom. The second-order valence-electron chi connectivity index (χ2n) is 6.12. The summed E-state index contributed by atoms with van der Waals surface area (Å²) in [6.45, 7) is 1.11. The van der Waals surface area contributed by atoms with Gasteiger partial charge in [0.15, 0.2) is 0 Å². The number of thiophene rings is 1. The van der Waals surface area contributed by atoms with Crippen LogP contribution in [0.15, 0.2) is 57.3 Å². The quantitative estimate of drug-likeness (QED) is 0.577. The number of hydrogen-bond donors (Lipinski definition) is 1. The van der Waals surface area contributed by atoms with Crippen LogP contribution in [0.4, 0.5) is 4.39 Å². The molecular formula is C19H16FN3O2S. The Labute approximate surface area is 152 Å². The van der Waals surface area contributed by atoms with E-state index in [0.717, 1.165) is 11.1 Å². The molecule has 1 aromatic carbocycles. The molecule has 0 saturated carbocycles. The molecule has 4 rings (SSSR count). The lowest BCUT2D eigenvalue weighted by molar-refractivity contribution is 0.310. The van der Waals surface area contributed by atoms with Crippen molar-refractivity contribution in [1.29, 1.82) is 0 Å². The zero-order valence-electron chi connectivity index (χ0n) is 14.0. The van der Waals surface area contributed by atoms with Crippen LogP contribution in [0.1, 0.15) is 11.4 Å². The minimum atomic E-state index is -0.252. The van der Waals surface area contributed by atoms with Crippen molar-refractivity contribution < 1.29 is 8.81 Å². The van der Waals surface area contributed by atoms with E-state index in [9.17, 15) is 9.18 Å². The largest absolute Gasteiger partial charge is 0.464 e. The van der Waals surface area contributed by atoms with Crippen molar-refractivity contribution in [2.75, 3.05) is 7.05 Å². The van der Waals surface area contributed by atoms with Crippen molar-refractivity contribution in [2.24, 2.45) is 0 Å². The molecule has 5 nitrogen and oxygen atoms in total. The fourth-order valence-corrected chi connectivity index (χ4v) is 3.84. The Balaban J connectivity index is 1.57. The van der Waals surface area contributed by atoms with E-state index < -0.39 is 0 Å². The molecule has 0 amide bonds.